The summed E-state index contributed by atoms with van der Waals surface area (Å²) in [5.41, 5.74) is -0.188. The maximum atomic E-state index is 14.0. The van der Waals surface area contributed by atoms with E-state index in [-0.39, 0.29) is 15.7 Å². The van der Waals surface area contributed by atoms with E-state index in [1.54, 1.807) is 12.1 Å². The van der Waals surface area contributed by atoms with Crippen LogP contribution in [0.1, 0.15) is 13.8 Å². The van der Waals surface area contributed by atoms with E-state index in [0.29, 0.717) is 3.57 Å². The number of carbonyl (C=O) groups excluding carboxylic acids is 2. The van der Waals surface area contributed by atoms with E-state index in [9.17, 15) is 14.0 Å². The Kier molecular flexibility index (Phi) is 4.57. The van der Waals surface area contributed by atoms with E-state index in [0.717, 1.165) is 6.20 Å². The molecule has 5 nitrogen and oxygen atoms in total. The predicted molar refractivity (Wildman–Crippen MR) is 84.8 cm³/mol. The van der Waals surface area contributed by atoms with Crippen LogP contribution in [0.3, 0.4) is 0 Å². The molecule has 1 N–H and O–H groups in total. The number of ether oxygens (including phenoxy) is 2. The van der Waals surface area contributed by atoms with Crippen LogP contribution in [0.2, 0.25) is 0 Å². The number of hydrogen-bond acceptors (Lipinski definition) is 5. The van der Waals surface area contributed by atoms with Gasteiger partial charge in [-0.25, -0.2) is 14.0 Å². The minimum Gasteiger partial charge on any atom is -0.419 e. The highest BCUT2D eigenvalue weighted by Gasteiger charge is 2.39. The SMILES string of the molecule is CC1(C)OC(=O)C(=CNc2c(I)ccc(Br)c2F)C(=O)O1. The third-order valence-corrected chi connectivity index (χ3v) is 4.03. The molecule has 112 valence electrons. The van der Waals surface area contributed by atoms with Crippen molar-refractivity contribution in [3.63, 3.8) is 0 Å². The summed E-state index contributed by atoms with van der Waals surface area (Å²) in [6, 6.07) is 3.23. The van der Waals surface area contributed by atoms with Crippen molar-refractivity contribution < 1.29 is 23.5 Å². The Bertz CT molecular complexity index is 638. The number of esters is 2. The van der Waals surface area contributed by atoms with Gasteiger partial charge < -0.3 is 14.8 Å². The predicted octanol–water partition coefficient (Wildman–Crippen LogP) is 3.32. The van der Waals surface area contributed by atoms with Crippen molar-refractivity contribution in [3.05, 3.63) is 37.8 Å². The van der Waals surface area contributed by atoms with Crippen LogP contribution in [0, 0.1) is 9.39 Å². The fourth-order valence-corrected chi connectivity index (χ4v) is 2.48. The van der Waals surface area contributed by atoms with Gasteiger partial charge in [0.25, 0.3) is 5.79 Å². The maximum absolute atomic E-state index is 14.0. The topological polar surface area (TPSA) is 64.6 Å². The maximum Gasteiger partial charge on any atom is 0.350 e. The lowest BCUT2D eigenvalue weighted by Crippen LogP contribution is -2.42. The van der Waals surface area contributed by atoms with Crippen LogP contribution < -0.4 is 5.32 Å². The average Bonchev–Trinajstić information content (AvgIpc) is 2.35. The van der Waals surface area contributed by atoms with E-state index < -0.39 is 23.5 Å². The number of benzene rings is 1. The molecule has 0 spiro atoms. The van der Waals surface area contributed by atoms with Gasteiger partial charge in [-0.2, -0.15) is 0 Å². The third-order valence-electron chi connectivity index (χ3n) is 2.52. The number of carbonyl (C=O) groups is 2. The van der Waals surface area contributed by atoms with Gasteiger partial charge in [0.15, 0.2) is 11.4 Å². The zero-order chi connectivity index (χ0) is 15.8. The van der Waals surface area contributed by atoms with Gasteiger partial charge >= 0.3 is 11.9 Å². The molecular weight excluding hydrogens is 460 g/mol. The molecule has 0 saturated carbocycles. The Labute approximate surface area is 142 Å². The lowest BCUT2D eigenvalue weighted by atomic mass is 10.2. The quantitative estimate of drug-likeness (QED) is 0.237. The average molecular weight is 470 g/mol. The molecule has 1 fully saturated rings. The van der Waals surface area contributed by atoms with Crippen molar-refractivity contribution in [2.24, 2.45) is 0 Å². The monoisotopic (exact) mass is 469 g/mol. The number of cyclic esters (lactones) is 2. The molecule has 1 aromatic rings. The molecule has 0 bridgehead atoms. The van der Waals surface area contributed by atoms with Crippen molar-refractivity contribution in [3.8, 4) is 0 Å². The smallest absolute Gasteiger partial charge is 0.350 e. The summed E-state index contributed by atoms with van der Waals surface area (Å²) in [6.45, 7) is 2.90. The Balaban J connectivity index is 2.28. The highest BCUT2D eigenvalue weighted by Crippen LogP contribution is 2.29. The minimum absolute atomic E-state index is 0.142. The molecule has 0 aromatic heterocycles. The summed E-state index contributed by atoms with van der Waals surface area (Å²) in [4.78, 5) is 23.5. The molecule has 21 heavy (non-hydrogen) atoms. The van der Waals surface area contributed by atoms with Gasteiger partial charge in [-0.3, -0.25) is 0 Å². The first-order chi connectivity index (χ1) is 9.71. The molecule has 0 radical (unpaired) electrons. The van der Waals surface area contributed by atoms with Crippen LogP contribution in [0.4, 0.5) is 10.1 Å². The van der Waals surface area contributed by atoms with Gasteiger partial charge in [0.05, 0.1) is 10.2 Å². The van der Waals surface area contributed by atoms with E-state index in [4.69, 9.17) is 9.47 Å². The van der Waals surface area contributed by atoms with E-state index in [1.165, 1.54) is 13.8 Å². The second-order valence-electron chi connectivity index (χ2n) is 4.60. The van der Waals surface area contributed by atoms with Crippen LogP contribution in [0.5, 0.6) is 0 Å². The molecule has 0 aliphatic carbocycles. The number of rotatable bonds is 2. The Morgan fingerprint density at radius 2 is 1.86 bits per heavy atom. The van der Waals surface area contributed by atoms with Gasteiger partial charge in [-0.1, -0.05) is 0 Å². The number of anilines is 1. The Hall–Kier alpha value is -1.16. The zero-order valence-electron chi connectivity index (χ0n) is 11.0. The normalized spacial score (nSPS) is 17.1. The Morgan fingerprint density at radius 3 is 2.43 bits per heavy atom. The van der Waals surface area contributed by atoms with E-state index >= 15 is 0 Å². The van der Waals surface area contributed by atoms with Crippen molar-refractivity contribution >= 4 is 56.1 Å². The number of nitrogens with one attached hydrogen (secondary N) is 1. The van der Waals surface area contributed by atoms with E-state index in [1.807, 2.05) is 22.6 Å². The summed E-state index contributed by atoms with van der Waals surface area (Å²) < 4.78 is 24.7. The van der Waals surface area contributed by atoms with E-state index in [2.05, 4.69) is 21.2 Å². The number of halogens is 3. The van der Waals surface area contributed by atoms with Gasteiger partial charge in [0, 0.05) is 23.6 Å². The first-order valence-corrected chi connectivity index (χ1v) is 7.65. The highest BCUT2D eigenvalue weighted by atomic mass is 127. The Morgan fingerprint density at radius 1 is 1.29 bits per heavy atom. The van der Waals surface area contributed by atoms with Crippen LogP contribution in [-0.4, -0.2) is 17.7 Å². The second-order valence-corrected chi connectivity index (χ2v) is 6.62. The molecular formula is C13H10BrFINO4. The second kappa shape index (κ2) is 5.91. The summed E-state index contributed by atoms with van der Waals surface area (Å²) in [5.74, 6) is -3.49. The standard InChI is InChI=1S/C13H10BrFINO4/c1-13(2)20-11(18)6(12(19)21-13)5-17-10-8(16)4-3-7(14)9(10)15/h3-5,17H,1-2H3. The highest BCUT2D eigenvalue weighted by molar-refractivity contribution is 14.1. The van der Waals surface area contributed by atoms with Gasteiger partial charge in [0.1, 0.15) is 0 Å². The summed E-state index contributed by atoms with van der Waals surface area (Å²) in [6.07, 6.45) is 1.08. The molecule has 1 aromatic carbocycles. The fourth-order valence-electron chi connectivity index (χ4n) is 1.58. The molecule has 1 aliphatic rings. The van der Waals surface area contributed by atoms with Crippen LogP contribution in [-0.2, 0) is 19.1 Å². The zero-order valence-corrected chi connectivity index (χ0v) is 14.7. The van der Waals surface area contributed by atoms with Crippen molar-refractivity contribution in [2.45, 2.75) is 19.6 Å². The molecule has 0 atom stereocenters. The van der Waals surface area contributed by atoms with Gasteiger partial charge in [-0.05, 0) is 50.7 Å². The molecule has 1 saturated heterocycles. The van der Waals surface area contributed by atoms with Crippen molar-refractivity contribution in [1.82, 2.24) is 0 Å². The number of hydrogen-bond donors (Lipinski definition) is 1. The van der Waals surface area contributed by atoms with Crippen LogP contribution >= 0.6 is 38.5 Å². The minimum atomic E-state index is -1.30. The molecule has 0 amide bonds. The lowest BCUT2D eigenvalue weighted by Gasteiger charge is -2.29. The molecule has 2 rings (SSSR count). The fraction of sp³-hybridized carbons (Fsp3) is 0.231. The van der Waals surface area contributed by atoms with Crippen molar-refractivity contribution in [2.75, 3.05) is 5.32 Å². The summed E-state index contributed by atoms with van der Waals surface area (Å²) in [5, 5.41) is 2.60. The molecule has 8 heteroatoms. The molecule has 0 unspecified atom stereocenters. The lowest BCUT2D eigenvalue weighted by molar-refractivity contribution is -0.222. The summed E-state index contributed by atoms with van der Waals surface area (Å²) >= 11 is 4.99. The molecule has 1 aliphatic heterocycles. The van der Waals surface area contributed by atoms with Crippen LogP contribution in [0.25, 0.3) is 0 Å². The first-order valence-electron chi connectivity index (χ1n) is 5.78. The van der Waals surface area contributed by atoms with Crippen LogP contribution in [0.15, 0.2) is 28.4 Å². The van der Waals surface area contributed by atoms with Crippen molar-refractivity contribution in [1.29, 1.82) is 0 Å². The first kappa shape index (κ1) is 16.2. The molecule has 1 heterocycles. The van der Waals surface area contributed by atoms with Gasteiger partial charge in [-0.15, -0.1) is 0 Å². The van der Waals surface area contributed by atoms with Gasteiger partial charge in [0.2, 0.25) is 0 Å². The largest absolute Gasteiger partial charge is 0.419 e. The third kappa shape index (κ3) is 3.54. The summed E-state index contributed by atoms with van der Waals surface area (Å²) in [7, 11) is 0.